The minimum atomic E-state index is -3.13. The smallest absolute Gasteiger partial charge is 0.229 e. The number of anilines is 1. The number of hydrogen-bond acceptors (Lipinski definition) is 5. The van der Waals surface area contributed by atoms with Gasteiger partial charge in [-0.2, -0.15) is 0 Å². The van der Waals surface area contributed by atoms with E-state index >= 15 is 0 Å². The third kappa shape index (κ3) is 2.51. The average molecular weight is 370 g/mol. The molecule has 1 amide bonds. The van der Waals surface area contributed by atoms with E-state index in [0.29, 0.717) is 16.4 Å². The lowest BCUT2D eigenvalue weighted by Crippen LogP contribution is -2.36. The first-order chi connectivity index (χ1) is 11.3. The maximum atomic E-state index is 13.4. The van der Waals surface area contributed by atoms with E-state index in [1.807, 2.05) is 0 Å². The van der Waals surface area contributed by atoms with E-state index in [0.717, 1.165) is 12.1 Å². The van der Waals surface area contributed by atoms with Crippen LogP contribution in [0.2, 0.25) is 0 Å². The van der Waals surface area contributed by atoms with Crippen molar-refractivity contribution in [3.63, 3.8) is 0 Å². The zero-order chi connectivity index (χ0) is 17.1. The van der Waals surface area contributed by atoms with Crippen molar-refractivity contribution in [1.29, 1.82) is 0 Å². The SMILES string of the molecule is O=C1C[C@@H]2CS(=O)(=O)C[C@H]2N1c1nc(-c2ccc(F)c(F)c2)cs1. The zero-order valence-electron chi connectivity index (χ0n) is 12.3. The molecular formula is C15H12F2N2O3S2. The number of carbonyl (C=O) groups is 1. The second-order valence-electron chi connectivity index (χ2n) is 6.02. The van der Waals surface area contributed by atoms with E-state index in [2.05, 4.69) is 4.98 Å². The van der Waals surface area contributed by atoms with E-state index in [1.54, 1.807) is 5.38 Å². The topological polar surface area (TPSA) is 67.3 Å². The number of aromatic nitrogens is 1. The average Bonchev–Trinajstić information content (AvgIpc) is 3.14. The van der Waals surface area contributed by atoms with Crippen LogP contribution in [0.4, 0.5) is 13.9 Å². The highest BCUT2D eigenvalue weighted by Gasteiger charge is 2.50. The lowest BCUT2D eigenvalue weighted by atomic mass is 10.1. The highest BCUT2D eigenvalue weighted by atomic mass is 32.2. The van der Waals surface area contributed by atoms with Crippen molar-refractivity contribution in [2.24, 2.45) is 5.92 Å². The standard InChI is InChI=1S/C15H12F2N2O3S2/c16-10-2-1-8(3-11(10)17)12-5-23-15(18-12)19-13-7-24(21,22)6-9(13)4-14(19)20/h1-3,5,9,13H,4,6-7H2/t9-,13-/m1/s1. The molecule has 1 aromatic heterocycles. The lowest BCUT2D eigenvalue weighted by Gasteiger charge is -2.19. The molecule has 0 unspecified atom stereocenters. The van der Waals surface area contributed by atoms with Crippen molar-refractivity contribution in [1.82, 2.24) is 4.98 Å². The molecule has 2 aromatic rings. The van der Waals surface area contributed by atoms with Gasteiger partial charge in [-0.15, -0.1) is 11.3 Å². The van der Waals surface area contributed by atoms with Gasteiger partial charge in [-0.3, -0.25) is 9.69 Å². The second-order valence-corrected chi connectivity index (χ2v) is 9.01. The van der Waals surface area contributed by atoms with Crippen molar-refractivity contribution in [2.45, 2.75) is 12.5 Å². The highest BCUT2D eigenvalue weighted by Crippen LogP contribution is 2.39. The van der Waals surface area contributed by atoms with Crippen molar-refractivity contribution in [3.8, 4) is 11.3 Å². The van der Waals surface area contributed by atoms with E-state index < -0.39 is 21.5 Å². The summed E-state index contributed by atoms with van der Waals surface area (Å²) in [5, 5.41) is 2.04. The number of benzene rings is 1. The molecule has 0 saturated carbocycles. The van der Waals surface area contributed by atoms with E-state index in [9.17, 15) is 22.0 Å². The van der Waals surface area contributed by atoms with Crippen LogP contribution < -0.4 is 4.90 Å². The zero-order valence-corrected chi connectivity index (χ0v) is 13.9. The second kappa shape index (κ2) is 5.32. The summed E-state index contributed by atoms with van der Waals surface area (Å²) >= 11 is 1.19. The Kier molecular flexibility index (Phi) is 3.47. The molecule has 3 heterocycles. The molecule has 4 rings (SSSR count). The number of rotatable bonds is 2. The van der Waals surface area contributed by atoms with Crippen LogP contribution in [0.15, 0.2) is 23.6 Å². The first kappa shape index (κ1) is 15.6. The normalized spacial score (nSPS) is 25.2. The minimum Gasteiger partial charge on any atom is -0.284 e. The number of hydrogen-bond donors (Lipinski definition) is 0. The molecule has 0 radical (unpaired) electrons. The predicted molar refractivity (Wildman–Crippen MR) is 85.5 cm³/mol. The summed E-state index contributed by atoms with van der Waals surface area (Å²) in [4.78, 5) is 18.0. The number of carbonyl (C=O) groups excluding carboxylic acids is 1. The van der Waals surface area contributed by atoms with Gasteiger partial charge >= 0.3 is 0 Å². The maximum Gasteiger partial charge on any atom is 0.229 e. The molecule has 2 aliphatic heterocycles. The summed E-state index contributed by atoms with van der Waals surface area (Å²) in [5.41, 5.74) is 0.824. The molecule has 5 nitrogen and oxygen atoms in total. The number of thiazole rings is 1. The maximum absolute atomic E-state index is 13.4. The molecule has 2 aliphatic rings. The lowest BCUT2D eigenvalue weighted by molar-refractivity contribution is -0.117. The summed E-state index contributed by atoms with van der Waals surface area (Å²) in [6.07, 6.45) is 0.198. The van der Waals surface area contributed by atoms with Crippen molar-refractivity contribution < 1.29 is 22.0 Å². The molecule has 0 N–H and O–H groups in total. The van der Waals surface area contributed by atoms with Gasteiger partial charge in [-0.05, 0) is 18.2 Å². The van der Waals surface area contributed by atoms with Gasteiger partial charge in [0.05, 0.1) is 23.2 Å². The molecule has 0 spiro atoms. The van der Waals surface area contributed by atoms with Gasteiger partial charge in [0.25, 0.3) is 0 Å². The van der Waals surface area contributed by atoms with E-state index in [1.165, 1.54) is 22.3 Å². The Balaban J connectivity index is 1.67. The molecular weight excluding hydrogens is 358 g/mol. The van der Waals surface area contributed by atoms with Crippen LogP contribution >= 0.6 is 11.3 Å². The van der Waals surface area contributed by atoms with Gasteiger partial charge in [0.15, 0.2) is 26.6 Å². The molecule has 0 aliphatic carbocycles. The summed E-state index contributed by atoms with van der Waals surface area (Å²) < 4.78 is 50.0. The number of amides is 1. The largest absolute Gasteiger partial charge is 0.284 e. The van der Waals surface area contributed by atoms with Crippen LogP contribution in [0.25, 0.3) is 11.3 Å². The molecule has 126 valence electrons. The highest BCUT2D eigenvalue weighted by molar-refractivity contribution is 7.91. The Bertz CT molecular complexity index is 942. The molecule has 24 heavy (non-hydrogen) atoms. The molecule has 0 bridgehead atoms. The van der Waals surface area contributed by atoms with Crippen molar-refractivity contribution >= 4 is 32.2 Å². The summed E-state index contributed by atoms with van der Waals surface area (Å²) in [7, 11) is -3.13. The third-order valence-electron chi connectivity index (χ3n) is 4.39. The third-order valence-corrected chi connectivity index (χ3v) is 7.01. The van der Waals surface area contributed by atoms with Crippen LogP contribution in [0.1, 0.15) is 6.42 Å². The predicted octanol–water partition coefficient (Wildman–Crippen LogP) is 2.24. The monoisotopic (exact) mass is 370 g/mol. The van der Waals surface area contributed by atoms with Crippen LogP contribution in [-0.2, 0) is 14.6 Å². The summed E-state index contributed by atoms with van der Waals surface area (Å²) in [6.45, 7) is 0. The van der Waals surface area contributed by atoms with Crippen LogP contribution in [-0.4, -0.2) is 36.9 Å². The summed E-state index contributed by atoms with van der Waals surface area (Å²) in [6, 6.07) is 3.09. The number of halogens is 2. The molecule has 2 fully saturated rings. The van der Waals surface area contributed by atoms with E-state index in [4.69, 9.17) is 0 Å². The Morgan fingerprint density at radius 3 is 2.75 bits per heavy atom. The number of sulfone groups is 1. The fourth-order valence-corrected chi connectivity index (χ4v) is 6.28. The van der Waals surface area contributed by atoms with E-state index in [-0.39, 0.29) is 35.8 Å². The fourth-order valence-electron chi connectivity index (χ4n) is 3.30. The Labute approximate surface area is 140 Å². The quantitative estimate of drug-likeness (QED) is 0.813. The molecule has 2 atom stereocenters. The Hall–Kier alpha value is -1.87. The number of fused-ring (bicyclic) bond motifs is 1. The first-order valence-electron chi connectivity index (χ1n) is 7.27. The van der Waals surface area contributed by atoms with Gasteiger partial charge in [-0.25, -0.2) is 22.2 Å². The van der Waals surface area contributed by atoms with Crippen LogP contribution in [0.3, 0.4) is 0 Å². The minimum absolute atomic E-state index is 0.0291. The van der Waals surface area contributed by atoms with Crippen LogP contribution in [0.5, 0.6) is 0 Å². The van der Waals surface area contributed by atoms with Gasteiger partial charge in [0, 0.05) is 23.3 Å². The Morgan fingerprint density at radius 1 is 1.21 bits per heavy atom. The molecule has 9 heteroatoms. The van der Waals surface area contributed by atoms with Gasteiger partial charge in [0.2, 0.25) is 5.91 Å². The molecule has 2 saturated heterocycles. The fraction of sp³-hybridized carbons (Fsp3) is 0.333. The van der Waals surface area contributed by atoms with Crippen LogP contribution in [0, 0.1) is 17.6 Å². The van der Waals surface area contributed by atoms with Gasteiger partial charge in [0.1, 0.15) is 0 Å². The van der Waals surface area contributed by atoms with Gasteiger partial charge in [-0.1, -0.05) is 0 Å². The first-order valence-corrected chi connectivity index (χ1v) is 9.97. The molecule has 1 aromatic carbocycles. The van der Waals surface area contributed by atoms with Gasteiger partial charge < -0.3 is 0 Å². The summed E-state index contributed by atoms with van der Waals surface area (Å²) in [5.74, 6) is -2.28. The van der Waals surface area contributed by atoms with Crippen molar-refractivity contribution in [3.05, 3.63) is 35.2 Å². The Morgan fingerprint density at radius 2 is 2.00 bits per heavy atom. The number of nitrogens with zero attached hydrogens (tertiary/aromatic N) is 2. The van der Waals surface area contributed by atoms with Crippen molar-refractivity contribution in [2.75, 3.05) is 16.4 Å².